The maximum Gasteiger partial charge on any atom is 0.284 e. The Morgan fingerprint density at radius 3 is 2.88 bits per heavy atom. The first-order valence-electron chi connectivity index (χ1n) is 4.43. The molecule has 82 valence electrons. The number of aromatic nitrogens is 1. The molecule has 6 heteroatoms. The van der Waals surface area contributed by atoms with Crippen molar-refractivity contribution in [2.24, 2.45) is 5.84 Å². The minimum Gasteiger partial charge on any atom is -0.289 e. The van der Waals surface area contributed by atoms with Gasteiger partial charge in [0.25, 0.3) is 5.91 Å². The number of nitrogens with one attached hydrogen (secondary N) is 1. The van der Waals surface area contributed by atoms with Crippen LogP contribution < -0.4 is 11.3 Å². The molecular weight excluding hydrogens is 246 g/mol. The van der Waals surface area contributed by atoms with Gasteiger partial charge in [0.1, 0.15) is 10.7 Å². The second-order valence-electron chi connectivity index (χ2n) is 2.99. The highest BCUT2D eigenvalue weighted by atomic mass is 35.5. The Bertz CT molecular complexity index is 526. The Balaban J connectivity index is 2.39. The molecule has 0 bridgehead atoms. The molecule has 1 aromatic heterocycles. The number of hydrazine groups is 1. The second-order valence-corrected chi connectivity index (χ2v) is 4.26. The van der Waals surface area contributed by atoms with Crippen LogP contribution in [0.4, 0.5) is 0 Å². The standard InChI is InChI=1S/C10H8ClN3OS/c11-7-4-2-1-3-6(7)10-13-8(5-16-10)9(15)14-12/h1-5H,12H2,(H,14,15). The summed E-state index contributed by atoms with van der Waals surface area (Å²) in [5, 5.41) is 2.95. The van der Waals surface area contributed by atoms with Gasteiger partial charge < -0.3 is 0 Å². The van der Waals surface area contributed by atoms with Crippen LogP contribution in [0.1, 0.15) is 10.5 Å². The molecule has 0 saturated heterocycles. The highest BCUT2D eigenvalue weighted by Crippen LogP contribution is 2.29. The third-order valence-electron chi connectivity index (χ3n) is 1.97. The lowest BCUT2D eigenvalue weighted by Gasteiger charge is -1.98. The van der Waals surface area contributed by atoms with E-state index >= 15 is 0 Å². The van der Waals surface area contributed by atoms with E-state index in [-0.39, 0.29) is 0 Å². The van der Waals surface area contributed by atoms with Crippen molar-refractivity contribution in [3.8, 4) is 10.6 Å². The minimum atomic E-state index is -0.408. The monoisotopic (exact) mass is 253 g/mol. The molecule has 0 saturated carbocycles. The van der Waals surface area contributed by atoms with Gasteiger partial charge in [0, 0.05) is 10.9 Å². The van der Waals surface area contributed by atoms with Crippen molar-refractivity contribution in [3.05, 3.63) is 40.4 Å². The summed E-state index contributed by atoms with van der Waals surface area (Å²) in [4.78, 5) is 15.4. The van der Waals surface area contributed by atoms with Crippen molar-refractivity contribution in [2.45, 2.75) is 0 Å². The Hall–Kier alpha value is -1.43. The van der Waals surface area contributed by atoms with E-state index in [2.05, 4.69) is 4.98 Å². The van der Waals surface area contributed by atoms with Crippen molar-refractivity contribution in [3.63, 3.8) is 0 Å². The van der Waals surface area contributed by atoms with Gasteiger partial charge in [0.15, 0.2) is 0 Å². The normalized spacial score (nSPS) is 10.1. The zero-order valence-corrected chi connectivity index (χ0v) is 9.68. The fourth-order valence-corrected chi connectivity index (χ4v) is 2.33. The van der Waals surface area contributed by atoms with Gasteiger partial charge in [0.2, 0.25) is 0 Å². The second kappa shape index (κ2) is 4.61. The number of rotatable bonds is 2. The van der Waals surface area contributed by atoms with Crippen LogP contribution in [0.3, 0.4) is 0 Å². The van der Waals surface area contributed by atoms with Crippen LogP contribution in [-0.2, 0) is 0 Å². The molecule has 1 heterocycles. The first kappa shape index (κ1) is 11.1. The third-order valence-corrected chi connectivity index (χ3v) is 3.18. The molecule has 0 aliphatic rings. The van der Waals surface area contributed by atoms with Crippen LogP contribution in [0.5, 0.6) is 0 Å². The topological polar surface area (TPSA) is 68.0 Å². The molecule has 1 aromatic carbocycles. The molecule has 3 N–H and O–H groups in total. The number of nitrogen functional groups attached to an aromatic ring is 1. The first-order valence-corrected chi connectivity index (χ1v) is 5.69. The smallest absolute Gasteiger partial charge is 0.284 e. The van der Waals surface area contributed by atoms with E-state index in [4.69, 9.17) is 17.4 Å². The predicted octanol–water partition coefficient (Wildman–Crippen LogP) is 2.07. The summed E-state index contributed by atoms with van der Waals surface area (Å²) < 4.78 is 0. The number of thiazole rings is 1. The number of nitrogens with two attached hydrogens (primary N) is 1. The van der Waals surface area contributed by atoms with Gasteiger partial charge >= 0.3 is 0 Å². The maximum atomic E-state index is 11.2. The van der Waals surface area contributed by atoms with Crippen molar-refractivity contribution >= 4 is 28.8 Å². The molecule has 1 amide bonds. The highest BCUT2D eigenvalue weighted by molar-refractivity contribution is 7.13. The lowest BCUT2D eigenvalue weighted by atomic mass is 10.2. The summed E-state index contributed by atoms with van der Waals surface area (Å²) in [6.45, 7) is 0. The van der Waals surface area contributed by atoms with Crippen molar-refractivity contribution < 1.29 is 4.79 Å². The molecular formula is C10H8ClN3OS. The van der Waals surface area contributed by atoms with E-state index in [0.717, 1.165) is 5.56 Å². The number of carbonyl (C=O) groups excluding carboxylic acids is 1. The quantitative estimate of drug-likeness (QED) is 0.489. The summed E-state index contributed by atoms with van der Waals surface area (Å²) in [7, 11) is 0. The Labute approximate surface area is 101 Å². The lowest BCUT2D eigenvalue weighted by molar-refractivity contribution is 0.0949. The molecule has 0 atom stereocenters. The number of hydrogen-bond acceptors (Lipinski definition) is 4. The van der Waals surface area contributed by atoms with Crippen molar-refractivity contribution in [1.82, 2.24) is 10.4 Å². The highest BCUT2D eigenvalue weighted by Gasteiger charge is 2.11. The number of hydrogen-bond donors (Lipinski definition) is 2. The molecule has 0 radical (unpaired) electrons. The Kier molecular flexibility index (Phi) is 3.19. The Morgan fingerprint density at radius 1 is 1.44 bits per heavy atom. The van der Waals surface area contributed by atoms with E-state index in [1.54, 1.807) is 11.4 Å². The average Bonchev–Trinajstić information content (AvgIpc) is 2.78. The maximum absolute atomic E-state index is 11.2. The largest absolute Gasteiger partial charge is 0.289 e. The Morgan fingerprint density at radius 2 is 2.19 bits per heavy atom. The zero-order valence-electron chi connectivity index (χ0n) is 8.11. The van der Waals surface area contributed by atoms with Gasteiger partial charge in [-0.3, -0.25) is 10.2 Å². The average molecular weight is 254 g/mol. The summed E-state index contributed by atoms with van der Waals surface area (Å²) >= 11 is 7.37. The van der Waals surface area contributed by atoms with Crippen LogP contribution in [0.25, 0.3) is 10.6 Å². The molecule has 2 rings (SSSR count). The summed E-state index contributed by atoms with van der Waals surface area (Å²) in [6.07, 6.45) is 0. The summed E-state index contributed by atoms with van der Waals surface area (Å²) in [5.41, 5.74) is 3.14. The van der Waals surface area contributed by atoms with Gasteiger partial charge in [-0.2, -0.15) is 0 Å². The van der Waals surface area contributed by atoms with Gasteiger partial charge in [-0.25, -0.2) is 10.8 Å². The van der Waals surface area contributed by atoms with Crippen LogP contribution >= 0.6 is 22.9 Å². The summed E-state index contributed by atoms with van der Waals surface area (Å²) in [5.74, 6) is 4.61. The molecule has 2 aromatic rings. The molecule has 0 aliphatic carbocycles. The van der Waals surface area contributed by atoms with E-state index < -0.39 is 5.91 Å². The van der Waals surface area contributed by atoms with Crippen molar-refractivity contribution in [1.29, 1.82) is 0 Å². The van der Waals surface area contributed by atoms with Crippen LogP contribution in [0, 0.1) is 0 Å². The van der Waals surface area contributed by atoms with Crippen molar-refractivity contribution in [2.75, 3.05) is 0 Å². The number of benzene rings is 1. The van der Waals surface area contributed by atoms with E-state index in [1.165, 1.54) is 11.3 Å². The predicted molar refractivity (Wildman–Crippen MR) is 64.2 cm³/mol. The summed E-state index contributed by atoms with van der Waals surface area (Å²) in [6, 6.07) is 7.34. The first-order chi connectivity index (χ1) is 7.72. The fraction of sp³-hybridized carbons (Fsp3) is 0. The molecule has 0 fully saturated rings. The van der Waals surface area contributed by atoms with E-state index in [9.17, 15) is 4.79 Å². The van der Waals surface area contributed by atoms with E-state index in [1.807, 2.05) is 23.6 Å². The molecule has 4 nitrogen and oxygen atoms in total. The third kappa shape index (κ3) is 2.06. The SMILES string of the molecule is NNC(=O)c1csc(-c2ccccc2Cl)n1. The molecule has 0 unspecified atom stereocenters. The minimum absolute atomic E-state index is 0.294. The molecule has 0 spiro atoms. The zero-order chi connectivity index (χ0) is 11.5. The molecule has 16 heavy (non-hydrogen) atoms. The van der Waals surface area contributed by atoms with Crippen LogP contribution in [0.2, 0.25) is 5.02 Å². The fourth-order valence-electron chi connectivity index (χ4n) is 1.21. The van der Waals surface area contributed by atoms with Gasteiger partial charge in [-0.05, 0) is 6.07 Å². The lowest BCUT2D eigenvalue weighted by Crippen LogP contribution is -2.30. The van der Waals surface area contributed by atoms with Gasteiger partial charge in [-0.15, -0.1) is 11.3 Å². The number of nitrogens with zero attached hydrogens (tertiary/aromatic N) is 1. The molecule has 0 aliphatic heterocycles. The van der Waals surface area contributed by atoms with Gasteiger partial charge in [0.05, 0.1) is 5.02 Å². The number of amides is 1. The van der Waals surface area contributed by atoms with Crippen LogP contribution in [0.15, 0.2) is 29.6 Å². The van der Waals surface area contributed by atoms with Crippen LogP contribution in [-0.4, -0.2) is 10.9 Å². The van der Waals surface area contributed by atoms with E-state index in [0.29, 0.717) is 15.7 Å². The number of carbonyl (C=O) groups is 1. The van der Waals surface area contributed by atoms with Gasteiger partial charge in [-0.1, -0.05) is 29.8 Å². The number of halogens is 1.